The molecule has 1 aromatic rings. The minimum Gasteiger partial charge on any atom is -0.351 e. The Labute approximate surface area is 111 Å². The van der Waals surface area contributed by atoms with E-state index in [9.17, 15) is 9.59 Å². The Morgan fingerprint density at radius 2 is 2.06 bits per heavy atom. The third kappa shape index (κ3) is 4.35. The van der Waals surface area contributed by atoms with E-state index >= 15 is 0 Å². The fraction of sp³-hybridized carbons (Fsp3) is 0.333. The molecule has 0 radical (unpaired) electrons. The molecule has 18 heavy (non-hydrogen) atoms. The Morgan fingerprint density at radius 1 is 1.39 bits per heavy atom. The number of carbonyl (C=O) groups is 2. The van der Waals surface area contributed by atoms with E-state index in [0.717, 1.165) is 5.56 Å². The number of carbonyl (C=O) groups excluding carboxylic acids is 2. The predicted octanol–water partition coefficient (Wildman–Crippen LogP) is 0.548. The number of hydrogen-bond donors (Lipinski definition) is 3. The quantitative estimate of drug-likeness (QED) is 0.746. The van der Waals surface area contributed by atoms with Gasteiger partial charge < -0.3 is 11.1 Å². The zero-order valence-electron chi connectivity index (χ0n) is 10.3. The van der Waals surface area contributed by atoms with E-state index in [1.807, 2.05) is 30.4 Å². The predicted molar refractivity (Wildman–Crippen MR) is 69.0 cm³/mol. The summed E-state index contributed by atoms with van der Waals surface area (Å²) in [6.07, 6.45) is 0. The Bertz CT molecular complexity index is 451. The smallest absolute Gasteiger partial charge is 0.319 e. The van der Waals surface area contributed by atoms with Crippen LogP contribution in [-0.2, 0) is 4.79 Å². The zero-order chi connectivity index (χ0) is 13.7. The van der Waals surface area contributed by atoms with Crippen LogP contribution in [0.2, 0.25) is 5.02 Å². The van der Waals surface area contributed by atoms with E-state index in [4.69, 9.17) is 17.3 Å². The molecule has 3 amide bonds. The number of hydrogen-bond acceptors (Lipinski definition) is 2. The molecule has 2 atom stereocenters. The van der Waals surface area contributed by atoms with Crippen molar-refractivity contribution in [3.05, 3.63) is 34.9 Å². The Kier molecular flexibility index (Phi) is 5.12. The number of primary amides is 1. The second-order valence-corrected chi connectivity index (χ2v) is 4.61. The first-order valence-corrected chi connectivity index (χ1v) is 5.98. The van der Waals surface area contributed by atoms with Crippen molar-refractivity contribution in [3.63, 3.8) is 0 Å². The summed E-state index contributed by atoms with van der Waals surface area (Å²) >= 11 is 5.90. The van der Waals surface area contributed by atoms with Crippen LogP contribution in [0.1, 0.15) is 25.5 Å². The van der Waals surface area contributed by atoms with Gasteiger partial charge in [0.1, 0.15) is 6.04 Å². The van der Waals surface area contributed by atoms with Crippen LogP contribution < -0.4 is 16.4 Å². The lowest BCUT2D eigenvalue weighted by atomic mass is 10.1. The summed E-state index contributed by atoms with van der Waals surface area (Å²) < 4.78 is 0. The summed E-state index contributed by atoms with van der Waals surface area (Å²) in [4.78, 5) is 22.1. The fourth-order valence-corrected chi connectivity index (χ4v) is 1.86. The van der Waals surface area contributed by atoms with Gasteiger partial charge in [-0.05, 0) is 26.0 Å². The topological polar surface area (TPSA) is 88.8 Å². The number of nitrogens with one attached hydrogen (secondary N) is 1. The van der Waals surface area contributed by atoms with Gasteiger partial charge in [-0.3, -0.25) is 10.1 Å². The molecule has 0 saturated carbocycles. The van der Waals surface area contributed by atoms with E-state index in [1.54, 1.807) is 13.0 Å². The maximum atomic E-state index is 11.5. The van der Waals surface area contributed by atoms with Crippen LogP contribution in [0.15, 0.2) is 24.3 Å². The minimum absolute atomic E-state index is 0.0531. The number of urea groups is 1. The van der Waals surface area contributed by atoms with Crippen LogP contribution in [0, 0.1) is 0 Å². The molecular formula is C12H17ClN3O2+. The molecule has 0 aliphatic rings. The molecule has 5 nitrogen and oxygen atoms in total. The van der Waals surface area contributed by atoms with Crippen LogP contribution in [0.5, 0.6) is 0 Å². The maximum absolute atomic E-state index is 11.5. The molecule has 0 unspecified atom stereocenters. The molecule has 0 fully saturated rings. The molecule has 0 saturated heterocycles. The van der Waals surface area contributed by atoms with Crippen molar-refractivity contribution in [2.75, 3.05) is 0 Å². The number of benzene rings is 1. The largest absolute Gasteiger partial charge is 0.351 e. The molecule has 0 spiro atoms. The van der Waals surface area contributed by atoms with Crippen LogP contribution in [-0.4, -0.2) is 18.0 Å². The van der Waals surface area contributed by atoms with Crippen molar-refractivity contribution in [1.29, 1.82) is 0 Å². The average molecular weight is 271 g/mol. The van der Waals surface area contributed by atoms with Gasteiger partial charge in [-0.1, -0.05) is 23.7 Å². The Balaban J connectivity index is 2.61. The number of nitrogens with two attached hydrogens (primary N) is 2. The first-order chi connectivity index (χ1) is 8.40. The number of rotatable bonds is 4. The lowest BCUT2D eigenvalue weighted by molar-refractivity contribution is -0.710. The number of halogens is 1. The summed E-state index contributed by atoms with van der Waals surface area (Å²) in [6.45, 7) is 3.67. The molecule has 0 aromatic heterocycles. The highest BCUT2D eigenvalue weighted by Gasteiger charge is 2.21. The van der Waals surface area contributed by atoms with Gasteiger partial charge in [0, 0.05) is 10.6 Å². The second kappa shape index (κ2) is 6.37. The first-order valence-electron chi connectivity index (χ1n) is 5.61. The van der Waals surface area contributed by atoms with Crippen molar-refractivity contribution in [2.45, 2.75) is 25.9 Å². The van der Waals surface area contributed by atoms with Gasteiger partial charge in [0.2, 0.25) is 0 Å². The molecule has 0 aliphatic heterocycles. The first kappa shape index (κ1) is 14.5. The van der Waals surface area contributed by atoms with Crippen LogP contribution >= 0.6 is 11.6 Å². The van der Waals surface area contributed by atoms with Crippen molar-refractivity contribution in [3.8, 4) is 0 Å². The Hall–Kier alpha value is -1.59. The van der Waals surface area contributed by atoms with E-state index in [0.29, 0.717) is 5.02 Å². The minimum atomic E-state index is -0.837. The lowest BCUT2D eigenvalue weighted by Gasteiger charge is -2.16. The van der Waals surface area contributed by atoms with Gasteiger partial charge in [0.15, 0.2) is 6.04 Å². The summed E-state index contributed by atoms with van der Waals surface area (Å²) in [5.74, 6) is -0.406. The van der Waals surface area contributed by atoms with E-state index < -0.39 is 18.0 Å². The standard InChI is InChI=1S/C12H16ClN3O2/c1-7(9-4-3-5-10(13)6-9)15-8(2)11(17)16-12(14)18/h3-8,15H,1-2H3,(H3,14,16,17,18)/p+1/t7-,8-/m1/s1. The third-order valence-electron chi connectivity index (χ3n) is 2.61. The molecule has 5 N–H and O–H groups in total. The number of amides is 3. The Morgan fingerprint density at radius 3 is 2.61 bits per heavy atom. The molecule has 6 heteroatoms. The monoisotopic (exact) mass is 270 g/mol. The highest BCUT2D eigenvalue weighted by Crippen LogP contribution is 2.14. The molecule has 1 rings (SSSR count). The summed E-state index contributed by atoms with van der Waals surface area (Å²) in [5, 5.41) is 4.55. The molecule has 0 bridgehead atoms. The highest BCUT2D eigenvalue weighted by atomic mass is 35.5. The summed E-state index contributed by atoms with van der Waals surface area (Å²) in [7, 11) is 0. The van der Waals surface area contributed by atoms with Crippen molar-refractivity contribution in [2.24, 2.45) is 5.73 Å². The molecule has 1 aromatic carbocycles. The van der Waals surface area contributed by atoms with Gasteiger partial charge in [0.05, 0.1) is 0 Å². The van der Waals surface area contributed by atoms with Crippen LogP contribution in [0.4, 0.5) is 4.79 Å². The van der Waals surface area contributed by atoms with Crippen LogP contribution in [0.3, 0.4) is 0 Å². The number of quaternary nitrogens is 1. The molecule has 0 heterocycles. The SMILES string of the molecule is C[C@@H]([NH2+][C@H](C)c1cccc(Cl)c1)C(=O)NC(N)=O. The normalized spacial score (nSPS) is 13.7. The van der Waals surface area contributed by atoms with Gasteiger partial charge in [-0.25, -0.2) is 4.79 Å². The van der Waals surface area contributed by atoms with Gasteiger partial charge in [-0.2, -0.15) is 0 Å². The summed E-state index contributed by atoms with van der Waals surface area (Å²) in [6, 6.07) is 6.24. The third-order valence-corrected chi connectivity index (χ3v) is 2.85. The van der Waals surface area contributed by atoms with E-state index in [-0.39, 0.29) is 6.04 Å². The van der Waals surface area contributed by atoms with Crippen LogP contribution in [0.25, 0.3) is 0 Å². The zero-order valence-corrected chi connectivity index (χ0v) is 11.1. The maximum Gasteiger partial charge on any atom is 0.319 e. The average Bonchev–Trinajstić information content (AvgIpc) is 2.27. The fourth-order valence-electron chi connectivity index (χ4n) is 1.66. The second-order valence-electron chi connectivity index (χ2n) is 4.18. The van der Waals surface area contributed by atoms with Gasteiger partial charge >= 0.3 is 6.03 Å². The molecular weight excluding hydrogens is 254 g/mol. The highest BCUT2D eigenvalue weighted by molar-refractivity contribution is 6.30. The summed E-state index contributed by atoms with van der Waals surface area (Å²) in [5.41, 5.74) is 5.91. The van der Waals surface area contributed by atoms with E-state index in [1.165, 1.54) is 0 Å². The van der Waals surface area contributed by atoms with Gasteiger partial charge in [-0.15, -0.1) is 0 Å². The van der Waals surface area contributed by atoms with Crippen molar-refractivity contribution in [1.82, 2.24) is 5.32 Å². The number of imide groups is 1. The van der Waals surface area contributed by atoms with Crippen molar-refractivity contribution >= 4 is 23.5 Å². The lowest BCUT2D eigenvalue weighted by Crippen LogP contribution is -2.92. The van der Waals surface area contributed by atoms with Crippen molar-refractivity contribution < 1.29 is 14.9 Å². The molecule has 0 aliphatic carbocycles. The molecule has 98 valence electrons. The van der Waals surface area contributed by atoms with Gasteiger partial charge in [0.25, 0.3) is 5.91 Å². The van der Waals surface area contributed by atoms with E-state index in [2.05, 4.69) is 5.32 Å².